The maximum absolute atomic E-state index is 9.19. The summed E-state index contributed by atoms with van der Waals surface area (Å²) < 4.78 is 27.9. The summed E-state index contributed by atoms with van der Waals surface area (Å²) in [6, 6.07) is 14.2. The summed E-state index contributed by atoms with van der Waals surface area (Å²) in [5.74, 6) is 1.42. The van der Waals surface area contributed by atoms with Crippen LogP contribution in [0.1, 0.15) is 47.4 Å². The summed E-state index contributed by atoms with van der Waals surface area (Å²) in [6.45, 7) is 13.7. The summed E-state index contributed by atoms with van der Waals surface area (Å²) >= 11 is 0. The Balaban J connectivity index is 0.000000623. The number of aromatic nitrogens is 5. The molecule has 0 aliphatic carbocycles. The van der Waals surface area contributed by atoms with Crippen LogP contribution in [-0.2, 0) is 22.1 Å². The van der Waals surface area contributed by atoms with Crippen molar-refractivity contribution in [3.05, 3.63) is 48.3 Å². The number of nitrogens with two attached hydrogens (primary N) is 1. The molecule has 188 valence electrons. The average molecular weight is 499 g/mol. The van der Waals surface area contributed by atoms with E-state index in [9.17, 15) is 8.42 Å². The maximum atomic E-state index is 9.19. The number of fused-ring (bicyclic) bond motifs is 1. The Morgan fingerprint density at radius 3 is 2.11 bits per heavy atom. The van der Waals surface area contributed by atoms with Gasteiger partial charge in [0.1, 0.15) is 11.3 Å². The quantitative estimate of drug-likeness (QED) is 0.341. The minimum Gasteiger partial charge on any atom is -0.369 e. The lowest BCUT2D eigenvalue weighted by Crippen LogP contribution is -2.17. The fourth-order valence-electron chi connectivity index (χ4n) is 3.51. The van der Waals surface area contributed by atoms with Gasteiger partial charge in [-0.05, 0) is 17.5 Å². The van der Waals surface area contributed by atoms with Crippen LogP contribution in [-0.4, -0.2) is 43.7 Å². The van der Waals surface area contributed by atoms with Crippen molar-refractivity contribution < 1.29 is 13.0 Å². The highest BCUT2D eigenvalue weighted by molar-refractivity contribution is 7.85. The highest BCUT2D eigenvalue weighted by atomic mass is 32.2. The molecule has 0 saturated carbocycles. The predicted octanol–water partition coefficient (Wildman–Crippen LogP) is 4.92. The number of rotatable bonds is 3. The van der Waals surface area contributed by atoms with Crippen molar-refractivity contribution in [2.75, 3.05) is 12.0 Å². The first kappa shape index (κ1) is 26.4. The summed E-state index contributed by atoms with van der Waals surface area (Å²) in [5, 5.41) is 0. The smallest absolute Gasteiger partial charge is 0.261 e. The molecule has 0 bridgehead atoms. The molecule has 0 fully saturated rings. The molecule has 0 saturated heterocycles. The van der Waals surface area contributed by atoms with E-state index in [4.69, 9.17) is 20.3 Å². The highest BCUT2D eigenvalue weighted by Crippen LogP contribution is 2.34. The molecule has 0 unspecified atom stereocenters. The zero-order valence-electron chi connectivity index (χ0n) is 21.3. The van der Waals surface area contributed by atoms with E-state index >= 15 is 0 Å². The Hall–Kier alpha value is -3.24. The Kier molecular flexibility index (Phi) is 7.10. The first-order valence-electron chi connectivity index (χ1n) is 11.2. The third kappa shape index (κ3) is 6.89. The van der Waals surface area contributed by atoms with E-state index in [0.29, 0.717) is 12.2 Å². The molecule has 9 nitrogen and oxygen atoms in total. The van der Waals surface area contributed by atoms with Crippen LogP contribution in [0.15, 0.2) is 42.5 Å². The molecular weight excluding hydrogens is 464 g/mol. The van der Waals surface area contributed by atoms with Gasteiger partial charge < -0.3 is 10.7 Å². The summed E-state index contributed by atoms with van der Waals surface area (Å²) in [4.78, 5) is 18.0. The molecule has 3 heterocycles. The van der Waals surface area contributed by atoms with Crippen LogP contribution in [0.2, 0.25) is 0 Å². The number of benzene rings is 1. The SMILES string of the molecule is CC(C)(C)Cn1c(N)nc2ccc(-c3[nH]c(C(C)(C)C)nc3-c3ccccc3)nc21.CS(=O)(=O)O. The number of nitrogen functional groups attached to an aromatic ring is 1. The van der Waals surface area contributed by atoms with Gasteiger partial charge in [-0.2, -0.15) is 8.42 Å². The van der Waals surface area contributed by atoms with Crippen LogP contribution in [0.4, 0.5) is 5.95 Å². The summed E-state index contributed by atoms with van der Waals surface area (Å²) in [6.07, 6.45) is 0.715. The van der Waals surface area contributed by atoms with Gasteiger partial charge >= 0.3 is 0 Å². The second kappa shape index (κ2) is 9.43. The number of aromatic amines is 1. The molecule has 0 aliphatic rings. The standard InChI is InChI=1S/C24H30N6.CH4O3S/c1-23(2,3)14-30-20-17(27-22(30)25)13-12-16(26-20)19-18(15-10-8-7-9-11-15)28-21(29-19)24(4,5)6;1-5(2,3)4/h7-13H,14H2,1-6H3,(H2,25,27)(H,28,29);1H3,(H,2,3,4). The molecule has 4 N–H and O–H groups in total. The van der Waals surface area contributed by atoms with Crippen molar-refractivity contribution in [2.24, 2.45) is 5.41 Å². The maximum Gasteiger partial charge on any atom is 0.261 e. The number of H-pyrrole nitrogens is 1. The number of nitrogens with zero attached hydrogens (tertiary/aromatic N) is 4. The molecule has 0 aliphatic heterocycles. The van der Waals surface area contributed by atoms with Crippen LogP contribution in [0.5, 0.6) is 0 Å². The van der Waals surface area contributed by atoms with Gasteiger partial charge in [0.15, 0.2) is 5.65 Å². The summed E-state index contributed by atoms with van der Waals surface area (Å²) in [7, 11) is -3.67. The minimum absolute atomic E-state index is 0.0576. The van der Waals surface area contributed by atoms with E-state index in [1.807, 2.05) is 34.9 Å². The van der Waals surface area contributed by atoms with Crippen LogP contribution in [0, 0.1) is 5.41 Å². The molecule has 4 aromatic rings. The van der Waals surface area contributed by atoms with Crippen molar-refractivity contribution in [2.45, 2.75) is 53.5 Å². The van der Waals surface area contributed by atoms with Crippen molar-refractivity contribution in [3.8, 4) is 22.6 Å². The Morgan fingerprint density at radius 2 is 1.57 bits per heavy atom. The van der Waals surface area contributed by atoms with Crippen LogP contribution in [0.3, 0.4) is 0 Å². The van der Waals surface area contributed by atoms with Crippen molar-refractivity contribution in [3.63, 3.8) is 0 Å². The lowest BCUT2D eigenvalue weighted by molar-refractivity contribution is 0.350. The van der Waals surface area contributed by atoms with E-state index in [1.165, 1.54) is 0 Å². The lowest BCUT2D eigenvalue weighted by atomic mass is 9.96. The first-order valence-corrected chi connectivity index (χ1v) is 13.1. The molecule has 0 spiro atoms. The van der Waals surface area contributed by atoms with Gasteiger partial charge in [0.05, 0.1) is 23.3 Å². The first-order chi connectivity index (χ1) is 16.0. The molecule has 0 atom stereocenters. The predicted molar refractivity (Wildman–Crippen MR) is 141 cm³/mol. The van der Waals surface area contributed by atoms with E-state index < -0.39 is 10.1 Å². The molecule has 4 rings (SSSR count). The second-order valence-electron chi connectivity index (χ2n) is 10.8. The molecular formula is C25H34N6O3S. The van der Waals surface area contributed by atoms with E-state index in [0.717, 1.165) is 46.2 Å². The summed E-state index contributed by atoms with van der Waals surface area (Å²) in [5.41, 5.74) is 11.5. The van der Waals surface area contributed by atoms with Crippen LogP contribution >= 0.6 is 0 Å². The van der Waals surface area contributed by atoms with Crippen molar-refractivity contribution in [1.82, 2.24) is 24.5 Å². The highest BCUT2D eigenvalue weighted by Gasteiger charge is 2.24. The Bertz CT molecular complexity index is 1420. The van der Waals surface area contributed by atoms with E-state index in [1.54, 1.807) is 0 Å². The zero-order valence-corrected chi connectivity index (χ0v) is 22.1. The number of hydrogen-bond acceptors (Lipinski definition) is 6. The third-order valence-corrected chi connectivity index (χ3v) is 4.97. The number of hydrogen-bond donors (Lipinski definition) is 3. The van der Waals surface area contributed by atoms with Crippen molar-refractivity contribution in [1.29, 1.82) is 0 Å². The Labute approximate surface area is 206 Å². The van der Waals surface area contributed by atoms with Crippen molar-refractivity contribution >= 4 is 27.2 Å². The van der Waals surface area contributed by atoms with Gasteiger partial charge in [-0.15, -0.1) is 0 Å². The lowest BCUT2D eigenvalue weighted by Gasteiger charge is -2.19. The second-order valence-corrected chi connectivity index (χ2v) is 12.3. The molecule has 0 radical (unpaired) electrons. The zero-order chi connectivity index (χ0) is 26.2. The normalized spacial score (nSPS) is 12.5. The number of anilines is 1. The molecule has 1 aromatic carbocycles. The van der Waals surface area contributed by atoms with Gasteiger partial charge in [0, 0.05) is 17.5 Å². The molecule has 3 aromatic heterocycles. The fraction of sp³-hybridized carbons (Fsp3) is 0.400. The van der Waals surface area contributed by atoms with E-state index in [-0.39, 0.29) is 10.8 Å². The van der Waals surface area contributed by atoms with Gasteiger partial charge in [-0.3, -0.25) is 9.12 Å². The molecule has 0 amide bonds. The van der Waals surface area contributed by atoms with Gasteiger partial charge in [0.25, 0.3) is 10.1 Å². The third-order valence-electron chi connectivity index (χ3n) is 4.97. The minimum atomic E-state index is -3.67. The Morgan fingerprint density at radius 1 is 0.971 bits per heavy atom. The average Bonchev–Trinajstić information content (AvgIpc) is 3.28. The van der Waals surface area contributed by atoms with E-state index in [2.05, 4.69) is 63.6 Å². The van der Waals surface area contributed by atoms with Crippen LogP contribution in [0.25, 0.3) is 33.8 Å². The monoisotopic (exact) mass is 498 g/mol. The van der Waals surface area contributed by atoms with Gasteiger partial charge in [0.2, 0.25) is 5.95 Å². The van der Waals surface area contributed by atoms with Crippen LogP contribution < -0.4 is 5.73 Å². The largest absolute Gasteiger partial charge is 0.369 e. The molecule has 35 heavy (non-hydrogen) atoms. The fourth-order valence-corrected chi connectivity index (χ4v) is 3.51. The molecule has 10 heteroatoms. The number of imidazole rings is 2. The topological polar surface area (TPSA) is 140 Å². The van der Waals surface area contributed by atoms with Gasteiger partial charge in [-0.25, -0.2) is 15.0 Å². The number of nitrogens with one attached hydrogen (secondary N) is 1. The van der Waals surface area contributed by atoms with Gasteiger partial charge in [-0.1, -0.05) is 71.9 Å². The number of pyridine rings is 1.